The average Bonchev–Trinajstić information content (AvgIpc) is 2.35. The van der Waals surface area contributed by atoms with E-state index in [0.717, 1.165) is 29.7 Å². The molecule has 0 saturated carbocycles. The molecule has 0 aliphatic heterocycles. The summed E-state index contributed by atoms with van der Waals surface area (Å²) >= 11 is 0. The minimum atomic E-state index is 0.582. The van der Waals surface area contributed by atoms with E-state index in [-0.39, 0.29) is 0 Å². The zero-order valence-corrected chi connectivity index (χ0v) is 12.6. The van der Waals surface area contributed by atoms with Crippen LogP contribution in [0.3, 0.4) is 0 Å². The molecule has 0 amide bonds. The van der Waals surface area contributed by atoms with Crippen molar-refractivity contribution in [3.63, 3.8) is 0 Å². The summed E-state index contributed by atoms with van der Waals surface area (Å²) in [4.78, 5) is 8.83. The first-order valence-electron chi connectivity index (χ1n) is 6.96. The second kappa shape index (κ2) is 6.37. The molecule has 0 radical (unpaired) electrons. The van der Waals surface area contributed by atoms with Crippen LogP contribution in [0.15, 0.2) is 30.3 Å². The Hall–Kier alpha value is -2.10. The first-order valence-corrected chi connectivity index (χ1v) is 6.96. The number of nitrogens with one attached hydrogen (secondary N) is 2. The van der Waals surface area contributed by atoms with Crippen molar-refractivity contribution in [2.75, 3.05) is 17.2 Å². The van der Waals surface area contributed by atoms with Crippen molar-refractivity contribution in [3.8, 4) is 0 Å². The van der Waals surface area contributed by atoms with Crippen LogP contribution in [0.1, 0.15) is 25.2 Å². The normalized spacial score (nSPS) is 10.7. The summed E-state index contributed by atoms with van der Waals surface area (Å²) in [5, 5.41) is 6.65. The standard InChI is InChI=1S/C16H22N4/c1-11(2)10-17-15-9-16(19-13(4)18-15)20-14-7-5-6-12(3)8-14/h5-9,11H,10H2,1-4H3,(H2,17,18,19,20). The molecule has 1 aromatic carbocycles. The van der Waals surface area contributed by atoms with Crippen LogP contribution in [0.4, 0.5) is 17.3 Å². The van der Waals surface area contributed by atoms with E-state index in [4.69, 9.17) is 0 Å². The minimum absolute atomic E-state index is 0.582. The Balaban J connectivity index is 2.15. The molecule has 106 valence electrons. The van der Waals surface area contributed by atoms with Crippen LogP contribution in [-0.2, 0) is 0 Å². The molecular weight excluding hydrogens is 248 g/mol. The Morgan fingerprint density at radius 3 is 2.50 bits per heavy atom. The number of benzene rings is 1. The van der Waals surface area contributed by atoms with Gasteiger partial charge in [0.25, 0.3) is 0 Å². The lowest BCUT2D eigenvalue weighted by Crippen LogP contribution is -2.10. The molecule has 4 heteroatoms. The van der Waals surface area contributed by atoms with Gasteiger partial charge in [-0.05, 0) is 37.5 Å². The lowest BCUT2D eigenvalue weighted by Gasteiger charge is -2.11. The molecule has 0 spiro atoms. The lowest BCUT2D eigenvalue weighted by molar-refractivity contribution is 0.686. The number of aromatic nitrogens is 2. The van der Waals surface area contributed by atoms with E-state index >= 15 is 0 Å². The van der Waals surface area contributed by atoms with Gasteiger partial charge < -0.3 is 10.6 Å². The third-order valence-electron chi connectivity index (χ3n) is 2.82. The van der Waals surface area contributed by atoms with Gasteiger partial charge in [-0.1, -0.05) is 26.0 Å². The van der Waals surface area contributed by atoms with Crippen LogP contribution < -0.4 is 10.6 Å². The highest BCUT2D eigenvalue weighted by Gasteiger charge is 2.03. The minimum Gasteiger partial charge on any atom is -0.370 e. The average molecular weight is 270 g/mol. The summed E-state index contributed by atoms with van der Waals surface area (Å²) in [6.45, 7) is 9.23. The van der Waals surface area contributed by atoms with Gasteiger partial charge in [-0.3, -0.25) is 0 Å². The van der Waals surface area contributed by atoms with Gasteiger partial charge in [0.1, 0.15) is 17.5 Å². The molecule has 2 aromatic rings. The van der Waals surface area contributed by atoms with Gasteiger partial charge in [0.2, 0.25) is 0 Å². The lowest BCUT2D eigenvalue weighted by atomic mass is 10.2. The van der Waals surface area contributed by atoms with Crippen molar-refractivity contribution >= 4 is 17.3 Å². The summed E-state index contributed by atoms with van der Waals surface area (Å²) in [7, 11) is 0. The van der Waals surface area contributed by atoms with Crippen molar-refractivity contribution in [2.45, 2.75) is 27.7 Å². The Labute approximate surface area is 120 Å². The van der Waals surface area contributed by atoms with E-state index < -0.39 is 0 Å². The summed E-state index contributed by atoms with van der Waals surface area (Å²) in [6, 6.07) is 10.2. The smallest absolute Gasteiger partial charge is 0.136 e. The number of rotatable bonds is 5. The molecule has 0 unspecified atom stereocenters. The highest BCUT2D eigenvalue weighted by Crippen LogP contribution is 2.18. The zero-order chi connectivity index (χ0) is 14.5. The Morgan fingerprint density at radius 2 is 1.80 bits per heavy atom. The van der Waals surface area contributed by atoms with Crippen LogP contribution in [0, 0.1) is 19.8 Å². The maximum Gasteiger partial charge on any atom is 0.136 e. The Kier molecular flexibility index (Phi) is 4.56. The molecule has 2 N–H and O–H groups in total. The van der Waals surface area contributed by atoms with E-state index in [1.54, 1.807) is 0 Å². The van der Waals surface area contributed by atoms with Crippen molar-refractivity contribution in [2.24, 2.45) is 5.92 Å². The van der Waals surface area contributed by atoms with Gasteiger partial charge in [0.15, 0.2) is 0 Å². The van der Waals surface area contributed by atoms with Gasteiger partial charge in [-0.2, -0.15) is 0 Å². The van der Waals surface area contributed by atoms with E-state index in [0.29, 0.717) is 5.92 Å². The molecule has 0 aliphatic rings. The second-order valence-electron chi connectivity index (χ2n) is 5.45. The molecule has 0 saturated heterocycles. The van der Waals surface area contributed by atoms with E-state index in [1.807, 2.05) is 25.1 Å². The molecule has 0 fully saturated rings. The molecule has 0 bridgehead atoms. The fourth-order valence-corrected chi connectivity index (χ4v) is 1.90. The van der Waals surface area contributed by atoms with E-state index in [1.165, 1.54) is 5.56 Å². The Morgan fingerprint density at radius 1 is 1.05 bits per heavy atom. The van der Waals surface area contributed by atoms with Crippen molar-refractivity contribution in [1.82, 2.24) is 9.97 Å². The summed E-state index contributed by atoms with van der Waals surface area (Å²) < 4.78 is 0. The maximum absolute atomic E-state index is 4.42. The van der Waals surface area contributed by atoms with Gasteiger partial charge in [-0.15, -0.1) is 0 Å². The van der Waals surface area contributed by atoms with Crippen LogP contribution >= 0.6 is 0 Å². The maximum atomic E-state index is 4.42. The van der Waals surface area contributed by atoms with Crippen molar-refractivity contribution < 1.29 is 0 Å². The topological polar surface area (TPSA) is 49.8 Å². The third-order valence-corrected chi connectivity index (χ3v) is 2.82. The number of anilines is 3. The molecule has 0 aliphatic carbocycles. The predicted molar refractivity (Wildman–Crippen MR) is 84.6 cm³/mol. The second-order valence-corrected chi connectivity index (χ2v) is 5.45. The van der Waals surface area contributed by atoms with Crippen molar-refractivity contribution in [1.29, 1.82) is 0 Å². The van der Waals surface area contributed by atoms with Gasteiger partial charge in [-0.25, -0.2) is 9.97 Å². The largest absolute Gasteiger partial charge is 0.370 e. The highest BCUT2D eigenvalue weighted by molar-refractivity contribution is 5.59. The number of nitrogens with zero attached hydrogens (tertiary/aromatic N) is 2. The molecule has 1 aromatic heterocycles. The first kappa shape index (κ1) is 14.3. The summed E-state index contributed by atoms with van der Waals surface area (Å²) in [5.74, 6) is 3.02. The van der Waals surface area contributed by atoms with E-state index in [2.05, 4.69) is 53.5 Å². The molecule has 0 atom stereocenters. The quantitative estimate of drug-likeness (QED) is 0.865. The SMILES string of the molecule is Cc1cccc(Nc2cc(NCC(C)C)nc(C)n2)c1. The molecule has 20 heavy (non-hydrogen) atoms. The molecular formula is C16H22N4. The summed E-state index contributed by atoms with van der Waals surface area (Å²) in [6.07, 6.45) is 0. The van der Waals surface area contributed by atoms with E-state index in [9.17, 15) is 0 Å². The van der Waals surface area contributed by atoms with Crippen LogP contribution in [0.5, 0.6) is 0 Å². The first-order chi connectivity index (χ1) is 9.52. The molecule has 4 nitrogen and oxygen atoms in total. The molecule has 2 rings (SSSR count). The molecule has 1 heterocycles. The third kappa shape index (κ3) is 4.23. The number of hydrogen-bond donors (Lipinski definition) is 2. The fraction of sp³-hybridized carbons (Fsp3) is 0.375. The summed E-state index contributed by atoms with van der Waals surface area (Å²) in [5.41, 5.74) is 2.26. The van der Waals surface area contributed by atoms with Gasteiger partial charge in [0, 0.05) is 18.3 Å². The predicted octanol–water partition coefficient (Wildman–Crippen LogP) is 3.90. The van der Waals surface area contributed by atoms with Crippen LogP contribution in [0.2, 0.25) is 0 Å². The number of hydrogen-bond acceptors (Lipinski definition) is 4. The van der Waals surface area contributed by atoms with Crippen molar-refractivity contribution in [3.05, 3.63) is 41.7 Å². The number of aryl methyl sites for hydroxylation is 2. The van der Waals surface area contributed by atoms with Gasteiger partial charge >= 0.3 is 0 Å². The monoisotopic (exact) mass is 270 g/mol. The van der Waals surface area contributed by atoms with Crippen LogP contribution in [-0.4, -0.2) is 16.5 Å². The van der Waals surface area contributed by atoms with Crippen LogP contribution in [0.25, 0.3) is 0 Å². The van der Waals surface area contributed by atoms with Gasteiger partial charge in [0.05, 0.1) is 0 Å². The highest BCUT2D eigenvalue weighted by atomic mass is 15.1. The Bertz CT molecular complexity index is 578. The zero-order valence-electron chi connectivity index (χ0n) is 12.6. The fourth-order valence-electron chi connectivity index (χ4n) is 1.90.